The molecule has 1 atom stereocenters. The van der Waals surface area contributed by atoms with Crippen LogP contribution < -0.4 is 4.72 Å². The minimum atomic E-state index is -3.44. The number of halogens is 1. The first-order chi connectivity index (χ1) is 10.8. The van der Waals surface area contributed by atoms with Crippen LogP contribution in [0.3, 0.4) is 0 Å². The van der Waals surface area contributed by atoms with E-state index in [9.17, 15) is 12.8 Å². The van der Waals surface area contributed by atoms with Gasteiger partial charge in [-0.2, -0.15) is 0 Å². The van der Waals surface area contributed by atoms with Gasteiger partial charge in [0.1, 0.15) is 5.82 Å². The van der Waals surface area contributed by atoms with Gasteiger partial charge in [-0.15, -0.1) is 0 Å². The Balaban J connectivity index is 1.77. The van der Waals surface area contributed by atoms with Crippen LogP contribution in [0.15, 0.2) is 24.3 Å². The Labute approximate surface area is 138 Å². The molecule has 0 aliphatic carbocycles. The largest absolute Gasteiger partial charge is 0.304 e. The van der Waals surface area contributed by atoms with E-state index in [0.717, 1.165) is 32.7 Å². The lowest BCUT2D eigenvalue weighted by Crippen LogP contribution is -2.46. The quantitative estimate of drug-likeness (QED) is 0.806. The summed E-state index contributed by atoms with van der Waals surface area (Å²) in [5.74, 6) is -0.367. The Bertz CT molecular complexity index is 601. The number of nitrogens with one attached hydrogen (secondary N) is 1. The summed E-state index contributed by atoms with van der Waals surface area (Å²) in [6, 6.07) is 5.71. The van der Waals surface area contributed by atoms with Crippen molar-refractivity contribution >= 4 is 10.0 Å². The predicted octanol–water partition coefficient (Wildman–Crippen LogP) is 1.13. The van der Waals surface area contributed by atoms with Crippen molar-refractivity contribution in [3.05, 3.63) is 35.6 Å². The third-order valence-corrected chi connectivity index (χ3v) is 5.38. The summed E-state index contributed by atoms with van der Waals surface area (Å²) in [7, 11) is -1.33. The molecule has 1 fully saturated rings. The van der Waals surface area contributed by atoms with Crippen LogP contribution in [0.5, 0.6) is 0 Å². The van der Waals surface area contributed by atoms with Crippen LogP contribution in [0.2, 0.25) is 0 Å². The first kappa shape index (κ1) is 18.3. The number of benzene rings is 1. The molecule has 0 aromatic heterocycles. The van der Waals surface area contributed by atoms with E-state index in [2.05, 4.69) is 21.6 Å². The zero-order chi connectivity index (χ0) is 16.9. The number of rotatable bonds is 7. The van der Waals surface area contributed by atoms with Crippen molar-refractivity contribution in [1.29, 1.82) is 0 Å². The van der Waals surface area contributed by atoms with Crippen molar-refractivity contribution < 1.29 is 12.8 Å². The smallest absolute Gasteiger partial charge is 0.215 e. The van der Waals surface area contributed by atoms with Crippen LogP contribution in [0.25, 0.3) is 0 Å². The van der Waals surface area contributed by atoms with E-state index in [4.69, 9.17) is 0 Å². The van der Waals surface area contributed by atoms with E-state index in [1.54, 1.807) is 6.07 Å². The van der Waals surface area contributed by atoms with Gasteiger partial charge in [0.25, 0.3) is 0 Å². The van der Waals surface area contributed by atoms with Crippen LogP contribution in [0, 0.1) is 11.7 Å². The molecular formula is C16H26FN3O2S. The van der Waals surface area contributed by atoms with Gasteiger partial charge in [-0.3, -0.25) is 0 Å². The van der Waals surface area contributed by atoms with Crippen molar-refractivity contribution in [2.45, 2.75) is 12.7 Å². The fourth-order valence-electron chi connectivity index (χ4n) is 2.70. The summed E-state index contributed by atoms with van der Waals surface area (Å²) in [5, 5.41) is 0. The average Bonchev–Trinajstić information content (AvgIpc) is 2.47. The van der Waals surface area contributed by atoms with Crippen LogP contribution in [-0.4, -0.2) is 64.5 Å². The molecule has 130 valence electrons. The Morgan fingerprint density at radius 1 is 1.26 bits per heavy atom. The third kappa shape index (κ3) is 6.55. The van der Waals surface area contributed by atoms with Gasteiger partial charge in [-0.1, -0.05) is 19.1 Å². The lowest BCUT2D eigenvalue weighted by Gasteiger charge is -2.33. The zero-order valence-corrected chi connectivity index (χ0v) is 14.7. The van der Waals surface area contributed by atoms with Crippen LogP contribution in [-0.2, 0) is 15.8 Å². The zero-order valence-electron chi connectivity index (χ0n) is 13.8. The van der Waals surface area contributed by atoms with Crippen molar-refractivity contribution in [2.75, 3.05) is 46.3 Å². The summed E-state index contributed by atoms with van der Waals surface area (Å²) in [6.07, 6.45) is 0. The van der Waals surface area contributed by atoms with Gasteiger partial charge in [0.15, 0.2) is 0 Å². The van der Waals surface area contributed by atoms with Gasteiger partial charge in [-0.05, 0) is 30.7 Å². The van der Waals surface area contributed by atoms with E-state index in [1.165, 1.54) is 18.2 Å². The molecule has 1 aliphatic rings. The summed E-state index contributed by atoms with van der Waals surface area (Å²) in [5.41, 5.74) is 0.462. The maximum atomic E-state index is 13.1. The van der Waals surface area contributed by atoms with Gasteiger partial charge >= 0.3 is 0 Å². The Morgan fingerprint density at radius 3 is 2.61 bits per heavy atom. The molecule has 1 aliphatic heterocycles. The predicted molar refractivity (Wildman–Crippen MR) is 90.1 cm³/mol. The molecule has 0 saturated carbocycles. The molecule has 0 unspecified atom stereocenters. The maximum Gasteiger partial charge on any atom is 0.215 e. The van der Waals surface area contributed by atoms with Crippen molar-refractivity contribution in [1.82, 2.24) is 14.5 Å². The highest BCUT2D eigenvalue weighted by atomic mass is 32.2. The standard InChI is InChI=1S/C16H26FN3O2S/c1-14(12-20-8-6-19(2)7-9-20)11-18-23(21,22)13-15-4-3-5-16(17)10-15/h3-5,10,14,18H,6-9,11-13H2,1-2H3/t14-/m0/s1. The second-order valence-corrected chi connectivity index (χ2v) is 8.25. The first-order valence-corrected chi connectivity index (χ1v) is 9.62. The topological polar surface area (TPSA) is 52.7 Å². The maximum absolute atomic E-state index is 13.1. The molecule has 0 bridgehead atoms. The molecule has 5 nitrogen and oxygen atoms in total. The Hall–Kier alpha value is -1.02. The second-order valence-electron chi connectivity index (χ2n) is 6.45. The summed E-state index contributed by atoms with van der Waals surface area (Å²) in [4.78, 5) is 4.66. The van der Waals surface area contributed by atoms with Gasteiger partial charge in [0.2, 0.25) is 10.0 Å². The Morgan fingerprint density at radius 2 is 1.96 bits per heavy atom. The lowest BCUT2D eigenvalue weighted by molar-refractivity contribution is 0.139. The van der Waals surface area contributed by atoms with Gasteiger partial charge < -0.3 is 9.80 Å². The van der Waals surface area contributed by atoms with E-state index in [1.807, 2.05) is 6.92 Å². The molecule has 1 aromatic rings. The summed E-state index contributed by atoms with van der Waals surface area (Å²) < 4.78 is 40.0. The van der Waals surface area contributed by atoms with Crippen LogP contribution in [0.1, 0.15) is 12.5 Å². The molecule has 2 rings (SSSR count). The molecule has 7 heteroatoms. The molecule has 1 saturated heterocycles. The fraction of sp³-hybridized carbons (Fsp3) is 0.625. The minimum Gasteiger partial charge on any atom is -0.304 e. The molecule has 0 spiro atoms. The first-order valence-electron chi connectivity index (χ1n) is 7.97. The van der Waals surface area contributed by atoms with E-state index >= 15 is 0 Å². The Kier molecular flexibility index (Phi) is 6.52. The van der Waals surface area contributed by atoms with Gasteiger partial charge in [0.05, 0.1) is 5.75 Å². The normalized spacial score (nSPS) is 18.9. The highest BCUT2D eigenvalue weighted by Gasteiger charge is 2.18. The number of hydrogen-bond acceptors (Lipinski definition) is 4. The molecule has 1 aromatic carbocycles. The molecule has 0 amide bonds. The number of piperazine rings is 1. The summed E-state index contributed by atoms with van der Waals surface area (Å²) >= 11 is 0. The fourth-order valence-corrected chi connectivity index (χ4v) is 3.96. The molecular weight excluding hydrogens is 317 g/mol. The number of nitrogens with zero attached hydrogens (tertiary/aromatic N) is 2. The minimum absolute atomic E-state index is 0.189. The molecule has 23 heavy (non-hydrogen) atoms. The van der Waals surface area contributed by atoms with Crippen molar-refractivity contribution in [3.63, 3.8) is 0 Å². The molecule has 0 radical (unpaired) electrons. The van der Waals surface area contributed by atoms with E-state index in [0.29, 0.717) is 12.1 Å². The number of likely N-dealkylation sites (N-methyl/N-ethyl adjacent to an activating group) is 1. The number of hydrogen-bond donors (Lipinski definition) is 1. The van der Waals surface area contributed by atoms with Gasteiger partial charge in [0, 0.05) is 39.3 Å². The molecule has 1 heterocycles. The van der Waals surface area contributed by atoms with Crippen LogP contribution in [0.4, 0.5) is 4.39 Å². The van der Waals surface area contributed by atoms with Gasteiger partial charge in [-0.25, -0.2) is 17.5 Å². The SMILES string of the molecule is C[C@@H](CNS(=O)(=O)Cc1cccc(F)c1)CN1CCN(C)CC1. The third-order valence-electron chi connectivity index (χ3n) is 4.06. The number of sulfonamides is 1. The highest BCUT2D eigenvalue weighted by molar-refractivity contribution is 7.88. The van der Waals surface area contributed by atoms with Crippen molar-refractivity contribution in [2.24, 2.45) is 5.92 Å². The second kappa shape index (κ2) is 8.19. The van der Waals surface area contributed by atoms with Crippen LogP contribution >= 0.6 is 0 Å². The monoisotopic (exact) mass is 343 g/mol. The lowest BCUT2D eigenvalue weighted by atomic mass is 10.1. The van der Waals surface area contributed by atoms with Crippen molar-refractivity contribution in [3.8, 4) is 0 Å². The highest BCUT2D eigenvalue weighted by Crippen LogP contribution is 2.08. The van der Waals surface area contributed by atoms with E-state index in [-0.39, 0.29) is 11.7 Å². The summed E-state index contributed by atoms with van der Waals surface area (Å²) in [6.45, 7) is 7.49. The average molecular weight is 343 g/mol. The molecule has 1 N–H and O–H groups in total. The van der Waals surface area contributed by atoms with E-state index < -0.39 is 15.8 Å².